The van der Waals surface area contributed by atoms with E-state index >= 15 is 0 Å². The molecule has 0 bridgehead atoms. The van der Waals surface area contributed by atoms with Gasteiger partial charge in [0, 0.05) is 29.7 Å². The van der Waals surface area contributed by atoms with Crippen LogP contribution in [-0.2, 0) is 4.79 Å². The topological polar surface area (TPSA) is 96.0 Å². The average Bonchev–Trinajstić information content (AvgIpc) is 2.64. The van der Waals surface area contributed by atoms with E-state index in [0.29, 0.717) is 22.8 Å². The van der Waals surface area contributed by atoms with Crippen LogP contribution in [0.5, 0.6) is 0 Å². The van der Waals surface area contributed by atoms with Gasteiger partial charge < -0.3 is 16.0 Å². The molecule has 142 valence electrons. The maximum absolute atomic E-state index is 13.0. The Hall–Kier alpha value is -3.81. The summed E-state index contributed by atoms with van der Waals surface area (Å²) in [5.74, 6) is -0.688. The quantitative estimate of drug-likeness (QED) is 0.625. The molecule has 0 aliphatic heterocycles. The van der Waals surface area contributed by atoms with Crippen molar-refractivity contribution in [1.29, 1.82) is 0 Å². The summed E-state index contributed by atoms with van der Waals surface area (Å²) in [6.07, 6.45) is 0. The van der Waals surface area contributed by atoms with Crippen LogP contribution in [0.3, 0.4) is 0 Å². The van der Waals surface area contributed by atoms with E-state index in [1.165, 1.54) is 19.1 Å². The Kier molecular flexibility index (Phi) is 5.59. The average molecular weight is 379 g/mol. The number of nitrogens with one attached hydrogen (secondary N) is 3. The Balaban J connectivity index is 1.73. The molecule has 0 saturated heterocycles. The monoisotopic (exact) mass is 379 g/mol. The first-order chi connectivity index (χ1) is 13.4. The molecule has 0 saturated carbocycles. The molecule has 0 fully saturated rings. The van der Waals surface area contributed by atoms with Gasteiger partial charge in [-0.05, 0) is 61.5 Å². The number of hydrogen-bond donors (Lipinski definition) is 3. The first-order valence-electron chi connectivity index (χ1n) is 8.46. The van der Waals surface area contributed by atoms with Crippen molar-refractivity contribution in [3.05, 3.63) is 71.8 Å². The number of anilines is 4. The van der Waals surface area contributed by atoms with E-state index in [1.807, 2.05) is 0 Å². The molecule has 3 rings (SSSR count). The maximum atomic E-state index is 13.0. The van der Waals surface area contributed by atoms with Crippen LogP contribution < -0.4 is 16.0 Å². The first kappa shape index (κ1) is 19.0. The number of aromatic nitrogens is 2. The molecule has 0 radical (unpaired) electrons. The molecule has 2 amide bonds. The molecule has 0 atom stereocenters. The second-order valence-electron chi connectivity index (χ2n) is 6.06. The van der Waals surface area contributed by atoms with Gasteiger partial charge in [0.2, 0.25) is 11.9 Å². The molecule has 0 aliphatic carbocycles. The summed E-state index contributed by atoms with van der Waals surface area (Å²) in [4.78, 5) is 32.0. The maximum Gasteiger partial charge on any atom is 0.274 e. The van der Waals surface area contributed by atoms with Gasteiger partial charge in [-0.1, -0.05) is 0 Å². The number of nitrogens with zero attached hydrogens (tertiary/aromatic N) is 2. The third-order valence-electron chi connectivity index (χ3n) is 3.65. The highest BCUT2D eigenvalue weighted by atomic mass is 19.1. The summed E-state index contributed by atoms with van der Waals surface area (Å²) in [6, 6.07) is 14.0. The number of hydrogen-bond acceptors (Lipinski definition) is 5. The highest BCUT2D eigenvalue weighted by molar-refractivity contribution is 6.03. The number of halogens is 1. The van der Waals surface area contributed by atoms with E-state index in [4.69, 9.17) is 0 Å². The third kappa shape index (κ3) is 5.10. The Morgan fingerprint density at radius 3 is 2.04 bits per heavy atom. The summed E-state index contributed by atoms with van der Waals surface area (Å²) < 4.78 is 13.0. The van der Waals surface area contributed by atoms with Crippen molar-refractivity contribution in [2.45, 2.75) is 13.8 Å². The van der Waals surface area contributed by atoms with Gasteiger partial charge in [0.25, 0.3) is 5.91 Å². The second-order valence-corrected chi connectivity index (χ2v) is 6.06. The fraction of sp³-hybridized carbons (Fsp3) is 0.100. The van der Waals surface area contributed by atoms with Crippen LogP contribution in [0.15, 0.2) is 54.6 Å². The molecule has 28 heavy (non-hydrogen) atoms. The Bertz CT molecular complexity index is 1000. The van der Waals surface area contributed by atoms with Crippen molar-refractivity contribution in [3.63, 3.8) is 0 Å². The predicted octanol–water partition coefficient (Wildman–Crippen LogP) is 3.88. The van der Waals surface area contributed by atoms with Gasteiger partial charge in [0.15, 0.2) is 0 Å². The number of carbonyl (C=O) groups is 2. The number of rotatable bonds is 5. The van der Waals surface area contributed by atoms with Crippen molar-refractivity contribution in [2.75, 3.05) is 16.0 Å². The fourth-order valence-corrected chi connectivity index (χ4v) is 2.44. The van der Waals surface area contributed by atoms with E-state index in [9.17, 15) is 14.0 Å². The molecule has 0 spiro atoms. The van der Waals surface area contributed by atoms with Crippen molar-refractivity contribution in [2.24, 2.45) is 0 Å². The summed E-state index contributed by atoms with van der Waals surface area (Å²) in [7, 11) is 0. The van der Waals surface area contributed by atoms with E-state index in [0.717, 1.165) is 0 Å². The van der Waals surface area contributed by atoms with Gasteiger partial charge in [-0.2, -0.15) is 0 Å². The van der Waals surface area contributed by atoms with Crippen molar-refractivity contribution >= 4 is 34.8 Å². The SMILES string of the molecule is CC(=O)Nc1ccc(NC(=O)c2cc(C)nc(Nc3ccc(F)cc3)n2)cc1. The number of carbonyl (C=O) groups excluding carboxylic acids is 2. The minimum atomic E-state index is -0.403. The summed E-state index contributed by atoms with van der Waals surface area (Å²) in [5, 5.41) is 8.35. The predicted molar refractivity (Wildman–Crippen MR) is 105 cm³/mol. The minimum Gasteiger partial charge on any atom is -0.326 e. The van der Waals surface area contributed by atoms with Gasteiger partial charge in [-0.15, -0.1) is 0 Å². The van der Waals surface area contributed by atoms with Crippen LogP contribution in [-0.4, -0.2) is 21.8 Å². The summed E-state index contributed by atoms with van der Waals surface area (Å²) >= 11 is 0. The Labute approximate surface area is 161 Å². The van der Waals surface area contributed by atoms with Crippen molar-refractivity contribution in [3.8, 4) is 0 Å². The highest BCUT2D eigenvalue weighted by Gasteiger charge is 2.11. The lowest BCUT2D eigenvalue weighted by molar-refractivity contribution is -0.114. The van der Waals surface area contributed by atoms with Gasteiger partial charge in [0.1, 0.15) is 11.5 Å². The van der Waals surface area contributed by atoms with Crippen LogP contribution in [0.4, 0.5) is 27.4 Å². The molecule has 3 N–H and O–H groups in total. The normalized spacial score (nSPS) is 10.2. The smallest absolute Gasteiger partial charge is 0.274 e. The van der Waals surface area contributed by atoms with Crippen LogP contribution in [0.2, 0.25) is 0 Å². The molecular weight excluding hydrogens is 361 g/mol. The van der Waals surface area contributed by atoms with Crippen LogP contribution in [0, 0.1) is 12.7 Å². The summed E-state index contributed by atoms with van der Waals surface area (Å²) in [6.45, 7) is 3.17. The van der Waals surface area contributed by atoms with Gasteiger partial charge in [0.05, 0.1) is 0 Å². The van der Waals surface area contributed by atoms with Crippen LogP contribution in [0.25, 0.3) is 0 Å². The lowest BCUT2D eigenvalue weighted by Crippen LogP contribution is -2.15. The third-order valence-corrected chi connectivity index (χ3v) is 3.65. The highest BCUT2D eigenvalue weighted by Crippen LogP contribution is 2.17. The van der Waals surface area contributed by atoms with E-state index in [-0.39, 0.29) is 23.4 Å². The van der Waals surface area contributed by atoms with Crippen molar-refractivity contribution < 1.29 is 14.0 Å². The lowest BCUT2D eigenvalue weighted by atomic mass is 10.2. The van der Waals surface area contributed by atoms with Gasteiger partial charge in [-0.3, -0.25) is 9.59 Å². The Morgan fingerprint density at radius 1 is 0.857 bits per heavy atom. The molecule has 3 aromatic rings. The zero-order valence-electron chi connectivity index (χ0n) is 15.3. The fourth-order valence-electron chi connectivity index (χ4n) is 2.44. The molecule has 7 nitrogen and oxygen atoms in total. The minimum absolute atomic E-state index is 0.172. The molecular formula is C20H18FN5O2. The molecule has 1 heterocycles. The molecule has 2 aromatic carbocycles. The van der Waals surface area contributed by atoms with Crippen LogP contribution >= 0.6 is 0 Å². The largest absolute Gasteiger partial charge is 0.326 e. The van der Waals surface area contributed by atoms with E-state index in [1.54, 1.807) is 49.4 Å². The second kappa shape index (κ2) is 8.26. The Morgan fingerprint density at radius 2 is 1.43 bits per heavy atom. The molecule has 8 heteroatoms. The number of aryl methyl sites for hydroxylation is 1. The first-order valence-corrected chi connectivity index (χ1v) is 8.46. The molecule has 0 unspecified atom stereocenters. The molecule has 1 aromatic heterocycles. The standard InChI is InChI=1S/C20H18FN5O2/c1-12-11-18(26-20(22-12)25-17-5-3-14(21)4-6-17)19(28)24-16-9-7-15(8-10-16)23-13(2)27/h3-11H,1-2H3,(H,23,27)(H,24,28)(H,22,25,26). The number of amides is 2. The lowest BCUT2D eigenvalue weighted by Gasteiger charge is -2.09. The summed E-state index contributed by atoms with van der Waals surface area (Å²) in [5.41, 5.74) is 2.58. The van der Waals surface area contributed by atoms with Gasteiger partial charge >= 0.3 is 0 Å². The number of benzene rings is 2. The zero-order valence-corrected chi connectivity index (χ0v) is 15.3. The van der Waals surface area contributed by atoms with Crippen molar-refractivity contribution in [1.82, 2.24) is 9.97 Å². The zero-order chi connectivity index (χ0) is 20.1. The van der Waals surface area contributed by atoms with Gasteiger partial charge in [-0.25, -0.2) is 14.4 Å². The van der Waals surface area contributed by atoms with E-state index < -0.39 is 5.91 Å². The molecule has 0 aliphatic rings. The van der Waals surface area contributed by atoms with E-state index in [2.05, 4.69) is 25.9 Å². The van der Waals surface area contributed by atoms with Crippen LogP contribution in [0.1, 0.15) is 23.1 Å².